The van der Waals surface area contributed by atoms with Crippen LogP contribution >= 0.6 is 22.7 Å². The van der Waals surface area contributed by atoms with Crippen molar-refractivity contribution in [3.8, 4) is 9.75 Å². The standard InChI is InChI=1S/C12H12OS2/c13-12(8-3-4-8)11-6-5-10(15-11)9-2-1-7-14-9/h1-2,5-8,12-13H,3-4H2. The molecule has 0 bridgehead atoms. The summed E-state index contributed by atoms with van der Waals surface area (Å²) >= 11 is 3.48. The van der Waals surface area contributed by atoms with E-state index >= 15 is 0 Å². The maximum atomic E-state index is 9.98. The molecule has 1 aliphatic rings. The van der Waals surface area contributed by atoms with Gasteiger partial charge in [0.2, 0.25) is 0 Å². The molecular formula is C12H12OS2. The Morgan fingerprint density at radius 3 is 2.73 bits per heavy atom. The van der Waals surface area contributed by atoms with Gasteiger partial charge in [-0.2, -0.15) is 0 Å². The molecule has 1 nitrogen and oxygen atoms in total. The van der Waals surface area contributed by atoms with E-state index in [0.717, 1.165) is 4.88 Å². The van der Waals surface area contributed by atoms with Crippen LogP contribution in [0.2, 0.25) is 0 Å². The minimum absolute atomic E-state index is 0.219. The van der Waals surface area contributed by atoms with Gasteiger partial charge in [0.1, 0.15) is 0 Å². The van der Waals surface area contributed by atoms with E-state index in [2.05, 4.69) is 29.6 Å². The summed E-state index contributed by atoms with van der Waals surface area (Å²) in [7, 11) is 0. The third kappa shape index (κ3) is 1.87. The number of rotatable bonds is 3. The quantitative estimate of drug-likeness (QED) is 0.856. The normalized spacial score (nSPS) is 17.9. The van der Waals surface area contributed by atoms with E-state index in [9.17, 15) is 5.11 Å². The second-order valence-electron chi connectivity index (χ2n) is 3.96. The largest absolute Gasteiger partial charge is 0.387 e. The van der Waals surface area contributed by atoms with E-state index < -0.39 is 0 Å². The molecule has 1 saturated carbocycles. The maximum absolute atomic E-state index is 9.98. The first-order chi connectivity index (χ1) is 7.34. The number of thiophene rings is 2. The minimum atomic E-state index is -0.219. The van der Waals surface area contributed by atoms with Gasteiger partial charge < -0.3 is 5.11 Å². The van der Waals surface area contributed by atoms with Crippen LogP contribution in [-0.2, 0) is 0 Å². The lowest BCUT2D eigenvalue weighted by molar-refractivity contribution is 0.157. The second kappa shape index (κ2) is 3.74. The average molecular weight is 236 g/mol. The van der Waals surface area contributed by atoms with Crippen molar-refractivity contribution in [2.75, 3.05) is 0 Å². The van der Waals surface area contributed by atoms with Crippen molar-refractivity contribution in [2.24, 2.45) is 5.92 Å². The first kappa shape index (κ1) is 9.58. The summed E-state index contributed by atoms with van der Waals surface area (Å²) in [4.78, 5) is 3.70. The smallest absolute Gasteiger partial charge is 0.0910 e. The molecule has 1 fully saturated rings. The molecule has 1 atom stereocenters. The molecule has 0 aromatic carbocycles. The molecule has 0 amide bonds. The predicted octanol–water partition coefficient (Wildman–Crippen LogP) is 3.92. The monoisotopic (exact) mass is 236 g/mol. The Morgan fingerprint density at radius 2 is 2.07 bits per heavy atom. The zero-order valence-electron chi connectivity index (χ0n) is 8.22. The van der Waals surface area contributed by atoms with Crippen LogP contribution in [0.25, 0.3) is 9.75 Å². The van der Waals surface area contributed by atoms with E-state index in [1.807, 2.05) is 0 Å². The van der Waals surface area contributed by atoms with Gasteiger partial charge in [0.05, 0.1) is 6.10 Å². The highest BCUT2D eigenvalue weighted by Crippen LogP contribution is 2.44. The Bertz CT molecular complexity index is 440. The fourth-order valence-corrected chi connectivity index (χ4v) is 3.63. The second-order valence-corrected chi connectivity index (χ2v) is 6.02. The minimum Gasteiger partial charge on any atom is -0.387 e. The molecular weight excluding hydrogens is 224 g/mol. The molecule has 2 aromatic heterocycles. The fourth-order valence-electron chi connectivity index (χ4n) is 1.71. The topological polar surface area (TPSA) is 20.2 Å². The van der Waals surface area contributed by atoms with Gasteiger partial charge in [0, 0.05) is 14.6 Å². The van der Waals surface area contributed by atoms with Gasteiger partial charge in [-0.15, -0.1) is 22.7 Å². The van der Waals surface area contributed by atoms with Gasteiger partial charge in [0.25, 0.3) is 0 Å². The molecule has 3 rings (SSSR count). The summed E-state index contributed by atoms with van der Waals surface area (Å²) in [5.41, 5.74) is 0. The molecule has 1 aliphatic carbocycles. The fraction of sp³-hybridized carbons (Fsp3) is 0.333. The summed E-state index contributed by atoms with van der Waals surface area (Å²) in [6, 6.07) is 8.39. The molecule has 1 N–H and O–H groups in total. The van der Waals surface area contributed by atoms with Crippen LogP contribution in [0.1, 0.15) is 23.8 Å². The molecule has 0 saturated heterocycles. The van der Waals surface area contributed by atoms with Crippen LogP contribution in [0, 0.1) is 5.92 Å². The van der Waals surface area contributed by atoms with Gasteiger partial charge in [-0.3, -0.25) is 0 Å². The third-order valence-electron chi connectivity index (χ3n) is 2.75. The highest BCUT2D eigenvalue weighted by Gasteiger charge is 2.31. The lowest BCUT2D eigenvalue weighted by atomic mass is 10.2. The Morgan fingerprint density at radius 1 is 1.20 bits per heavy atom. The summed E-state index contributed by atoms with van der Waals surface area (Å²) in [5, 5.41) is 12.1. The van der Waals surface area contributed by atoms with Crippen molar-refractivity contribution < 1.29 is 5.11 Å². The molecule has 0 aliphatic heterocycles. The molecule has 78 valence electrons. The average Bonchev–Trinajstić information content (AvgIpc) is 2.80. The zero-order chi connectivity index (χ0) is 10.3. The van der Waals surface area contributed by atoms with Crippen LogP contribution in [-0.4, -0.2) is 5.11 Å². The Kier molecular flexibility index (Phi) is 2.39. The highest BCUT2D eigenvalue weighted by atomic mass is 32.1. The van der Waals surface area contributed by atoms with Gasteiger partial charge in [-0.1, -0.05) is 6.07 Å². The molecule has 0 spiro atoms. The first-order valence-corrected chi connectivity index (χ1v) is 6.86. The number of aliphatic hydroxyl groups is 1. The number of hydrogen-bond acceptors (Lipinski definition) is 3. The predicted molar refractivity (Wildman–Crippen MR) is 65.3 cm³/mol. The first-order valence-electron chi connectivity index (χ1n) is 5.16. The number of hydrogen-bond donors (Lipinski definition) is 1. The molecule has 0 radical (unpaired) electrons. The van der Waals surface area contributed by atoms with E-state index in [-0.39, 0.29) is 6.10 Å². The molecule has 15 heavy (non-hydrogen) atoms. The Balaban J connectivity index is 1.87. The maximum Gasteiger partial charge on any atom is 0.0910 e. The Labute approximate surface area is 97.0 Å². The van der Waals surface area contributed by atoms with E-state index in [0.29, 0.717) is 5.92 Å². The van der Waals surface area contributed by atoms with Crippen LogP contribution in [0.15, 0.2) is 29.6 Å². The van der Waals surface area contributed by atoms with Gasteiger partial charge >= 0.3 is 0 Å². The summed E-state index contributed by atoms with van der Waals surface area (Å²) in [6.07, 6.45) is 2.16. The Hall–Kier alpha value is -0.640. The van der Waals surface area contributed by atoms with Crippen LogP contribution in [0.5, 0.6) is 0 Å². The highest BCUT2D eigenvalue weighted by molar-refractivity contribution is 7.21. The number of aliphatic hydroxyl groups excluding tert-OH is 1. The van der Waals surface area contributed by atoms with Crippen molar-refractivity contribution in [1.82, 2.24) is 0 Å². The van der Waals surface area contributed by atoms with Gasteiger partial charge in [-0.05, 0) is 42.3 Å². The van der Waals surface area contributed by atoms with Crippen LogP contribution < -0.4 is 0 Å². The van der Waals surface area contributed by atoms with Crippen molar-refractivity contribution in [1.29, 1.82) is 0 Å². The van der Waals surface area contributed by atoms with E-state index in [1.54, 1.807) is 22.7 Å². The SMILES string of the molecule is OC(c1ccc(-c2cccs2)s1)C1CC1. The van der Waals surface area contributed by atoms with Crippen molar-refractivity contribution in [2.45, 2.75) is 18.9 Å². The van der Waals surface area contributed by atoms with Crippen LogP contribution in [0.4, 0.5) is 0 Å². The third-order valence-corrected chi connectivity index (χ3v) is 4.97. The lowest BCUT2D eigenvalue weighted by Gasteiger charge is -2.04. The van der Waals surface area contributed by atoms with Crippen molar-refractivity contribution in [3.63, 3.8) is 0 Å². The van der Waals surface area contributed by atoms with Gasteiger partial charge in [0.15, 0.2) is 0 Å². The molecule has 2 heterocycles. The lowest BCUT2D eigenvalue weighted by Crippen LogP contribution is -1.95. The molecule has 2 aromatic rings. The summed E-state index contributed by atoms with van der Waals surface area (Å²) in [5.74, 6) is 0.528. The van der Waals surface area contributed by atoms with Crippen LogP contribution in [0.3, 0.4) is 0 Å². The van der Waals surface area contributed by atoms with E-state index in [1.165, 1.54) is 22.6 Å². The molecule has 3 heteroatoms. The van der Waals surface area contributed by atoms with Crippen molar-refractivity contribution >= 4 is 22.7 Å². The zero-order valence-corrected chi connectivity index (χ0v) is 9.85. The van der Waals surface area contributed by atoms with Gasteiger partial charge in [-0.25, -0.2) is 0 Å². The summed E-state index contributed by atoms with van der Waals surface area (Å²) < 4.78 is 0. The molecule has 1 unspecified atom stereocenters. The summed E-state index contributed by atoms with van der Waals surface area (Å²) in [6.45, 7) is 0. The van der Waals surface area contributed by atoms with Crippen molar-refractivity contribution in [3.05, 3.63) is 34.5 Å². The van der Waals surface area contributed by atoms with E-state index in [4.69, 9.17) is 0 Å².